The van der Waals surface area contributed by atoms with Crippen molar-refractivity contribution in [2.75, 3.05) is 46.9 Å². The van der Waals surface area contributed by atoms with Gasteiger partial charge < -0.3 is 20.7 Å². The number of hydrogen-bond acceptors (Lipinski definition) is 5. The number of carbonyl (C=O) groups is 2. The Hall–Kier alpha value is -2.15. The number of imide groups is 1. The van der Waals surface area contributed by atoms with Crippen LogP contribution < -0.4 is 20.7 Å². The molecule has 0 radical (unpaired) electrons. The molecule has 2 heterocycles. The number of likely N-dealkylation sites (tertiary alicyclic amines) is 1. The average Bonchev–Trinajstić information content (AvgIpc) is 3.06. The molecule has 1 aromatic carbocycles. The van der Waals surface area contributed by atoms with Crippen molar-refractivity contribution in [3.63, 3.8) is 0 Å². The molecule has 3 N–H and O–H groups in total. The molecule has 2 aliphatic heterocycles. The van der Waals surface area contributed by atoms with Crippen LogP contribution in [0.1, 0.15) is 18.4 Å². The number of rotatable bonds is 7. The second-order valence-electron chi connectivity index (χ2n) is 7.37. The summed E-state index contributed by atoms with van der Waals surface area (Å²) in [6, 6.07) is 5.00. The number of nitrogens with one attached hydrogen (secondary N) is 3. The van der Waals surface area contributed by atoms with E-state index in [-0.39, 0.29) is 60.1 Å². The van der Waals surface area contributed by atoms with Crippen molar-refractivity contribution in [1.82, 2.24) is 25.8 Å². The van der Waals surface area contributed by atoms with Gasteiger partial charge in [-0.2, -0.15) is 0 Å². The third-order valence-corrected chi connectivity index (χ3v) is 5.34. The quantitative estimate of drug-likeness (QED) is 0.205. The van der Waals surface area contributed by atoms with Crippen LogP contribution in [-0.2, 0) is 11.3 Å². The molecule has 0 atom stereocenters. The number of amides is 3. The summed E-state index contributed by atoms with van der Waals surface area (Å²) in [5.74, 6) is 0.358. The molecule has 0 unspecified atom stereocenters. The average molecular weight is 548 g/mol. The van der Waals surface area contributed by atoms with Gasteiger partial charge in [0, 0.05) is 45.8 Å². The van der Waals surface area contributed by atoms with E-state index in [4.69, 9.17) is 4.74 Å². The topological polar surface area (TPSA) is 98.3 Å². The summed E-state index contributed by atoms with van der Waals surface area (Å²) in [5.41, 5.74) is 0.928. The van der Waals surface area contributed by atoms with E-state index in [0.717, 1.165) is 31.5 Å². The Balaban J connectivity index is 0.00000341. The van der Waals surface area contributed by atoms with Crippen LogP contribution >= 0.6 is 24.0 Å². The highest BCUT2D eigenvalue weighted by Gasteiger charge is 2.27. The molecular weight excluding hydrogens is 518 g/mol. The molecule has 31 heavy (non-hydrogen) atoms. The Bertz CT molecular complexity index is 785. The Morgan fingerprint density at radius 2 is 2.06 bits per heavy atom. The minimum atomic E-state index is -0.353. The molecule has 0 bridgehead atoms. The van der Waals surface area contributed by atoms with Crippen molar-refractivity contribution in [3.05, 3.63) is 29.6 Å². The molecule has 9 nitrogen and oxygen atoms in total. The number of methoxy groups -OCH3 is 1. The van der Waals surface area contributed by atoms with E-state index in [1.807, 2.05) is 6.07 Å². The van der Waals surface area contributed by atoms with Crippen molar-refractivity contribution < 1.29 is 18.7 Å². The normalized spacial score (nSPS) is 17.9. The molecule has 11 heteroatoms. The van der Waals surface area contributed by atoms with Crippen molar-refractivity contribution in [2.24, 2.45) is 4.99 Å². The van der Waals surface area contributed by atoms with E-state index in [1.54, 1.807) is 13.1 Å². The minimum Gasteiger partial charge on any atom is -0.494 e. The highest BCUT2D eigenvalue weighted by molar-refractivity contribution is 14.0. The number of piperidine rings is 1. The first kappa shape index (κ1) is 25.1. The van der Waals surface area contributed by atoms with Crippen LogP contribution in [0.4, 0.5) is 9.18 Å². The zero-order valence-corrected chi connectivity index (χ0v) is 20.1. The fourth-order valence-corrected chi connectivity index (χ4v) is 3.66. The summed E-state index contributed by atoms with van der Waals surface area (Å²) in [7, 11) is 3.15. The van der Waals surface area contributed by atoms with E-state index in [0.29, 0.717) is 25.6 Å². The third kappa shape index (κ3) is 6.92. The van der Waals surface area contributed by atoms with Crippen molar-refractivity contribution >= 4 is 41.9 Å². The maximum Gasteiger partial charge on any atom is 0.324 e. The summed E-state index contributed by atoms with van der Waals surface area (Å²) in [6.45, 7) is 3.28. The van der Waals surface area contributed by atoms with Gasteiger partial charge in [-0.1, -0.05) is 6.07 Å². The largest absolute Gasteiger partial charge is 0.494 e. The number of hydrogen-bond donors (Lipinski definition) is 3. The van der Waals surface area contributed by atoms with Crippen LogP contribution in [-0.4, -0.2) is 80.6 Å². The predicted molar refractivity (Wildman–Crippen MR) is 126 cm³/mol. The summed E-state index contributed by atoms with van der Waals surface area (Å²) in [4.78, 5) is 30.9. The molecule has 0 spiro atoms. The van der Waals surface area contributed by atoms with Gasteiger partial charge in [-0.15, -0.1) is 24.0 Å². The van der Waals surface area contributed by atoms with E-state index < -0.39 is 0 Å². The molecule has 2 aliphatic rings. The minimum absolute atomic E-state index is 0. The van der Waals surface area contributed by atoms with Gasteiger partial charge in [0.25, 0.3) is 0 Å². The van der Waals surface area contributed by atoms with Crippen LogP contribution in [0.15, 0.2) is 23.2 Å². The molecule has 1 aromatic rings. The third-order valence-electron chi connectivity index (χ3n) is 5.34. The lowest BCUT2D eigenvalue weighted by molar-refractivity contribution is -0.124. The van der Waals surface area contributed by atoms with Crippen LogP contribution in [0.3, 0.4) is 0 Å². The first-order valence-electron chi connectivity index (χ1n) is 10.1. The van der Waals surface area contributed by atoms with Crippen LogP contribution in [0, 0.1) is 5.82 Å². The maximum atomic E-state index is 13.9. The summed E-state index contributed by atoms with van der Waals surface area (Å²) in [5, 5.41) is 9.04. The Labute approximate surface area is 198 Å². The number of carbonyl (C=O) groups excluding carboxylic acids is 2. The summed E-state index contributed by atoms with van der Waals surface area (Å²) in [6.07, 6.45) is 1.87. The van der Waals surface area contributed by atoms with Crippen molar-refractivity contribution in [3.8, 4) is 5.75 Å². The van der Waals surface area contributed by atoms with Gasteiger partial charge in [-0.05, 0) is 30.5 Å². The highest BCUT2D eigenvalue weighted by Crippen LogP contribution is 2.20. The highest BCUT2D eigenvalue weighted by atomic mass is 127. The van der Waals surface area contributed by atoms with E-state index in [2.05, 4.69) is 25.8 Å². The molecule has 172 valence electrons. The van der Waals surface area contributed by atoms with E-state index >= 15 is 0 Å². The van der Waals surface area contributed by atoms with Crippen LogP contribution in [0.5, 0.6) is 5.75 Å². The maximum absolute atomic E-state index is 13.9. The number of urea groups is 1. The van der Waals surface area contributed by atoms with Gasteiger partial charge in [0.15, 0.2) is 17.5 Å². The number of benzene rings is 1. The van der Waals surface area contributed by atoms with Gasteiger partial charge in [-0.3, -0.25) is 19.6 Å². The van der Waals surface area contributed by atoms with Crippen molar-refractivity contribution in [2.45, 2.75) is 25.4 Å². The second-order valence-corrected chi connectivity index (χ2v) is 7.37. The SMILES string of the molecule is CN=C(NCCN1C(=O)CNC1=O)NC1CCN(Cc2ccc(OC)c(F)c2)CC1.I. The van der Waals surface area contributed by atoms with E-state index in [1.165, 1.54) is 18.1 Å². The molecule has 0 saturated carbocycles. The molecule has 3 rings (SSSR count). The van der Waals surface area contributed by atoms with Crippen LogP contribution in [0.25, 0.3) is 0 Å². The van der Waals surface area contributed by atoms with Gasteiger partial charge >= 0.3 is 6.03 Å². The Morgan fingerprint density at radius 1 is 1.32 bits per heavy atom. The molecule has 2 saturated heterocycles. The van der Waals surface area contributed by atoms with Gasteiger partial charge in [0.1, 0.15) is 0 Å². The lowest BCUT2D eigenvalue weighted by atomic mass is 10.0. The van der Waals surface area contributed by atoms with Crippen LogP contribution in [0.2, 0.25) is 0 Å². The number of halogens is 2. The molecule has 3 amide bonds. The number of guanidine groups is 1. The molecule has 0 aliphatic carbocycles. The fraction of sp³-hybridized carbons (Fsp3) is 0.550. The Morgan fingerprint density at radius 3 is 2.65 bits per heavy atom. The first-order chi connectivity index (χ1) is 14.5. The molecule has 2 fully saturated rings. The summed E-state index contributed by atoms with van der Waals surface area (Å²) >= 11 is 0. The lowest BCUT2D eigenvalue weighted by Crippen LogP contribution is -2.50. The smallest absolute Gasteiger partial charge is 0.324 e. The zero-order valence-electron chi connectivity index (χ0n) is 17.8. The van der Waals surface area contributed by atoms with Crippen molar-refractivity contribution in [1.29, 1.82) is 0 Å². The number of ether oxygens (including phenoxy) is 1. The fourth-order valence-electron chi connectivity index (χ4n) is 3.66. The second kappa shape index (κ2) is 12.0. The van der Waals surface area contributed by atoms with Gasteiger partial charge in [-0.25, -0.2) is 9.18 Å². The Kier molecular flexibility index (Phi) is 9.75. The number of nitrogens with zero attached hydrogens (tertiary/aromatic N) is 3. The molecular formula is C20H30FIN6O3. The standard InChI is InChI=1S/C20H29FN6O3.HI/c1-22-19(23-7-10-27-18(28)12-24-20(27)29)25-15-5-8-26(9-6-15)13-14-3-4-17(30-2)16(21)11-14;/h3-4,11,15H,5-10,12-13H2,1-2H3,(H,24,29)(H2,22,23,25);1H. The number of aliphatic imine (C=N–C) groups is 1. The zero-order chi connectivity index (χ0) is 21.5. The lowest BCUT2D eigenvalue weighted by Gasteiger charge is -2.33. The predicted octanol–water partition coefficient (Wildman–Crippen LogP) is 1.13. The molecule has 0 aromatic heterocycles. The van der Waals surface area contributed by atoms with Gasteiger partial charge in [0.05, 0.1) is 13.7 Å². The van der Waals surface area contributed by atoms with E-state index in [9.17, 15) is 14.0 Å². The first-order valence-corrected chi connectivity index (χ1v) is 10.1. The monoisotopic (exact) mass is 548 g/mol. The van der Waals surface area contributed by atoms with Gasteiger partial charge in [0.2, 0.25) is 5.91 Å². The summed E-state index contributed by atoms with van der Waals surface area (Å²) < 4.78 is 18.8.